The molecule has 1 aromatic rings. The highest BCUT2D eigenvalue weighted by Gasteiger charge is 2.20. The van der Waals surface area contributed by atoms with Crippen LogP contribution in [0.1, 0.15) is 43.6 Å². The van der Waals surface area contributed by atoms with Crippen LogP contribution >= 0.6 is 0 Å². The van der Waals surface area contributed by atoms with Crippen molar-refractivity contribution in [1.82, 2.24) is 0 Å². The fourth-order valence-electron chi connectivity index (χ4n) is 1.82. The molecule has 0 bridgehead atoms. The first-order valence-electron chi connectivity index (χ1n) is 5.79. The highest BCUT2D eigenvalue weighted by Crippen LogP contribution is 2.29. The summed E-state index contributed by atoms with van der Waals surface area (Å²) in [7, 11) is 0. The third kappa shape index (κ3) is 2.62. The highest BCUT2D eigenvalue weighted by atomic mass is 19.1. The van der Waals surface area contributed by atoms with Gasteiger partial charge < -0.3 is 5.11 Å². The third-order valence-electron chi connectivity index (χ3n) is 3.35. The molecule has 1 aromatic carbocycles. The molecule has 1 rings (SSSR count). The molecule has 0 radical (unpaired) electrons. The number of halogens is 1. The zero-order valence-electron chi connectivity index (χ0n) is 10.7. The van der Waals surface area contributed by atoms with E-state index in [1.807, 2.05) is 6.92 Å². The van der Waals surface area contributed by atoms with Gasteiger partial charge in [-0.3, -0.25) is 0 Å². The van der Waals surface area contributed by atoms with Crippen molar-refractivity contribution in [3.63, 3.8) is 0 Å². The summed E-state index contributed by atoms with van der Waals surface area (Å²) in [6.07, 6.45) is -0.516. The molecule has 0 aliphatic rings. The summed E-state index contributed by atoms with van der Waals surface area (Å²) < 4.78 is 13.5. The van der Waals surface area contributed by atoms with Gasteiger partial charge >= 0.3 is 0 Å². The number of benzene rings is 1. The number of hydrogen-bond donors (Lipinski definition) is 1. The zero-order valence-corrected chi connectivity index (χ0v) is 10.7. The molecule has 2 unspecified atom stereocenters. The molecule has 0 heterocycles. The van der Waals surface area contributed by atoms with E-state index in [0.29, 0.717) is 17.0 Å². The SMILES string of the molecule is Cc1cc(C(O)C(C)C(C)C)cc(C)c1F. The van der Waals surface area contributed by atoms with Crippen LogP contribution in [0.5, 0.6) is 0 Å². The lowest BCUT2D eigenvalue weighted by Crippen LogP contribution is -2.15. The van der Waals surface area contributed by atoms with E-state index in [1.54, 1.807) is 26.0 Å². The number of rotatable bonds is 3. The fourth-order valence-corrected chi connectivity index (χ4v) is 1.82. The Morgan fingerprint density at radius 1 is 1.06 bits per heavy atom. The molecular weight excluding hydrogens is 203 g/mol. The fraction of sp³-hybridized carbons (Fsp3) is 0.571. The maximum Gasteiger partial charge on any atom is 0.129 e. The normalized spacial score (nSPS) is 15.2. The Kier molecular flexibility index (Phi) is 4.09. The lowest BCUT2D eigenvalue weighted by atomic mass is 9.87. The van der Waals surface area contributed by atoms with Gasteiger partial charge in [0.2, 0.25) is 0 Å². The van der Waals surface area contributed by atoms with Crippen LogP contribution in [0.3, 0.4) is 0 Å². The quantitative estimate of drug-likeness (QED) is 0.828. The van der Waals surface area contributed by atoms with Gasteiger partial charge in [-0.2, -0.15) is 0 Å². The number of aliphatic hydroxyl groups excluding tert-OH is 1. The molecule has 0 saturated heterocycles. The van der Waals surface area contributed by atoms with Crippen LogP contribution < -0.4 is 0 Å². The molecule has 0 spiro atoms. The highest BCUT2D eigenvalue weighted by molar-refractivity contribution is 5.32. The van der Waals surface area contributed by atoms with Crippen molar-refractivity contribution >= 4 is 0 Å². The van der Waals surface area contributed by atoms with Crippen molar-refractivity contribution in [2.45, 2.75) is 40.7 Å². The standard InChI is InChI=1S/C14H21FO/c1-8(2)11(5)14(16)12-6-9(3)13(15)10(4)7-12/h6-8,11,14,16H,1-5H3. The van der Waals surface area contributed by atoms with Crippen LogP contribution in [0.4, 0.5) is 4.39 Å². The monoisotopic (exact) mass is 224 g/mol. The lowest BCUT2D eigenvalue weighted by Gasteiger charge is -2.23. The summed E-state index contributed by atoms with van der Waals surface area (Å²) in [5.41, 5.74) is 2.02. The molecular formula is C14H21FO. The number of aryl methyl sites for hydroxylation is 2. The molecule has 0 aliphatic heterocycles. The maximum absolute atomic E-state index is 13.5. The first kappa shape index (κ1) is 13.2. The molecule has 90 valence electrons. The predicted molar refractivity (Wildman–Crippen MR) is 64.8 cm³/mol. The van der Waals surface area contributed by atoms with Crippen LogP contribution in [0.15, 0.2) is 12.1 Å². The smallest absolute Gasteiger partial charge is 0.129 e. The molecule has 0 aromatic heterocycles. The second-order valence-corrected chi connectivity index (χ2v) is 5.02. The van der Waals surface area contributed by atoms with Crippen LogP contribution in [-0.2, 0) is 0 Å². The van der Waals surface area contributed by atoms with E-state index in [9.17, 15) is 9.50 Å². The zero-order chi connectivity index (χ0) is 12.5. The van der Waals surface area contributed by atoms with Gasteiger partial charge in [-0.05, 0) is 42.4 Å². The minimum Gasteiger partial charge on any atom is -0.388 e. The molecule has 2 atom stereocenters. The minimum atomic E-state index is -0.516. The van der Waals surface area contributed by atoms with Crippen LogP contribution in [0.2, 0.25) is 0 Å². The molecule has 1 nitrogen and oxygen atoms in total. The summed E-state index contributed by atoms with van der Waals surface area (Å²) in [4.78, 5) is 0. The number of aliphatic hydroxyl groups is 1. The Hall–Kier alpha value is -0.890. The Morgan fingerprint density at radius 2 is 1.50 bits per heavy atom. The lowest BCUT2D eigenvalue weighted by molar-refractivity contribution is 0.0919. The van der Waals surface area contributed by atoms with Crippen molar-refractivity contribution in [2.24, 2.45) is 11.8 Å². The average molecular weight is 224 g/mol. The average Bonchev–Trinajstić information content (AvgIpc) is 2.22. The van der Waals surface area contributed by atoms with Crippen molar-refractivity contribution in [1.29, 1.82) is 0 Å². The van der Waals surface area contributed by atoms with Crippen LogP contribution in [-0.4, -0.2) is 5.11 Å². The van der Waals surface area contributed by atoms with Crippen molar-refractivity contribution in [3.8, 4) is 0 Å². The van der Waals surface area contributed by atoms with Crippen molar-refractivity contribution in [3.05, 3.63) is 34.6 Å². The molecule has 0 amide bonds. The van der Waals surface area contributed by atoms with Crippen molar-refractivity contribution in [2.75, 3.05) is 0 Å². The second kappa shape index (κ2) is 4.96. The van der Waals surface area contributed by atoms with E-state index < -0.39 is 6.10 Å². The van der Waals surface area contributed by atoms with Crippen molar-refractivity contribution < 1.29 is 9.50 Å². The predicted octanol–water partition coefficient (Wildman–Crippen LogP) is 3.77. The van der Waals surface area contributed by atoms with E-state index in [-0.39, 0.29) is 11.7 Å². The van der Waals surface area contributed by atoms with Crippen LogP contribution in [0.25, 0.3) is 0 Å². The van der Waals surface area contributed by atoms with Gasteiger partial charge in [-0.1, -0.05) is 32.9 Å². The molecule has 2 heteroatoms. The first-order chi connectivity index (χ1) is 7.34. The van der Waals surface area contributed by atoms with E-state index in [4.69, 9.17) is 0 Å². The topological polar surface area (TPSA) is 20.2 Å². The van der Waals surface area contributed by atoms with E-state index in [2.05, 4.69) is 13.8 Å². The van der Waals surface area contributed by atoms with Gasteiger partial charge in [0.15, 0.2) is 0 Å². The molecule has 0 aliphatic carbocycles. The van der Waals surface area contributed by atoms with Gasteiger partial charge in [-0.15, -0.1) is 0 Å². The third-order valence-corrected chi connectivity index (χ3v) is 3.35. The molecule has 1 N–H and O–H groups in total. The van der Waals surface area contributed by atoms with E-state index in [1.165, 1.54) is 0 Å². The molecule has 0 fully saturated rings. The second-order valence-electron chi connectivity index (χ2n) is 5.02. The van der Waals surface area contributed by atoms with Crippen LogP contribution in [0, 0.1) is 31.5 Å². The minimum absolute atomic E-state index is 0.171. The Morgan fingerprint density at radius 3 is 1.88 bits per heavy atom. The van der Waals surface area contributed by atoms with Gasteiger partial charge in [0.05, 0.1) is 6.10 Å². The first-order valence-corrected chi connectivity index (χ1v) is 5.79. The van der Waals surface area contributed by atoms with Gasteiger partial charge in [-0.25, -0.2) is 4.39 Å². The summed E-state index contributed by atoms with van der Waals surface area (Å²) in [5.74, 6) is 0.401. The molecule has 0 saturated carbocycles. The molecule has 16 heavy (non-hydrogen) atoms. The van der Waals surface area contributed by atoms with Gasteiger partial charge in [0.25, 0.3) is 0 Å². The Balaban J connectivity index is 3.05. The maximum atomic E-state index is 13.5. The summed E-state index contributed by atoms with van der Waals surface area (Å²) >= 11 is 0. The van der Waals surface area contributed by atoms with Gasteiger partial charge in [0, 0.05) is 0 Å². The van der Waals surface area contributed by atoms with E-state index in [0.717, 1.165) is 5.56 Å². The summed E-state index contributed by atoms with van der Waals surface area (Å²) in [5, 5.41) is 10.2. The van der Waals surface area contributed by atoms with E-state index >= 15 is 0 Å². The summed E-state index contributed by atoms with van der Waals surface area (Å²) in [6.45, 7) is 9.65. The Bertz CT molecular complexity index is 348. The largest absolute Gasteiger partial charge is 0.388 e. The Labute approximate surface area is 97.3 Å². The van der Waals surface area contributed by atoms with Gasteiger partial charge in [0.1, 0.15) is 5.82 Å². The summed E-state index contributed by atoms with van der Waals surface area (Å²) in [6, 6.07) is 3.48. The number of hydrogen-bond acceptors (Lipinski definition) is 1.